The minimum absolute atomic E-state index is 0.0567. The van der Waals surface area contributed by atoms with Gasteiger partial charge in [0.05, 0.1) is 17.1 Å². The van der Waals surface area contributed by atoms with Gasteiger partial charge in [0.25, 0.3) is 5.91 Å². The Bertz CT molecular complexity index is 1270. The van der Waals surface area contributed by atoms with Gasteiger partial charge in [0, 0.05) is 12.8 Å². The Kier molecular flexibility index (Phi) is 6.19. The lowest BCUT2D eigenvalue weighted by molar-refractivity contribution is -0.148. The van der Waals surface area contributed by atoms with E-state index in [1.165, 1.54) is 16.8 Å². The number of benzene rings is 2. The average molecular weight is 477 g/mol. The summed E-state index contributed by atoms with van der Waals surface area (Å²) in [5.74, 6) is -1.88. The van der Waals surface area contributed by atoms with Gasteiger partial charge >= 0.3 is 5.97 Å². The Morgan fingerprint density at radius 1 is 1.06 bits per heavy atom. The topological polar surface area (TPSA) is 108 Å². The van der Waals surface area contributed by atoms with Crippen molar-refractivity contribution in [2.75, 3.05) is 15.2 Å². The van der Waals surface area contributed by atoms with Crippen molar-refractivity contribution >= 4 is 46.5 Å². The maximum Gasteiger partial charge on any atom is 0.355 e. The lowest BCUT2D eigenvalue weighted by Crippen LogP contribution is -2.60. The SMILES string of the molecule is Cc1ccc(C)c(N2N=C(C(=O)OC(C)C(=O)N3c4ccccc4NC(=O)C3(C)C)CCC2=O)c1. The quantitative estimate of drug-likeness (QED) is 0.680. The summed E-state index contributed by atoms with van der Waals surface area (Å²) in [6.45, 7) is 8.49. The molecule has 2 aliphatic rings. The third kappa shape index (κ3) is 4.41. The Morgan fingerprint density at radius 3 is 2.51 bits per heavy atom. The first-order valence-corrected chi connectivity index (χ1v) is 11.4. The highest BCUT2D eigenvalue weighted by Crippen LogP contribution is 2.37. The summed E-state index contributed by atoms with van der Waals surface area (Å²) >= 11 is 0. The fourth-order valence-corrected chi connectivity index (χ4v) is 4.14. The smallest absolute Gasteiger partial charge is 0.355 e. The molecule has 0 spiro atoms. The van der Waals surface area contributed by atoms with Crippen LogP contribution in [0.1, 0.15) is 44.7 Å². The minimum Gasteiger partial charge on any atom is -0.448 e. The zero-order chi connectivity index (χ0) is 25.5. The molecule has 2 aromatic carbocycles. The standard InChI is InChI=1S/C26H28N4O5/c1-15-10-11-16(2)21(14-15)30-22(31)13-12-19(28-30)24(33)35-17(3)23(32)29-20-9-7-6-8-18(20)27-25(34)26(29,4)5/h6-11,14,17H,12-13H2,1-5H3,(H,27,34). The number of hydrogen-bond acceptors (Lipinski definition) is 6. The van der Waals surface area contributed by atoms with E-state index in [9.17, 15) is 19.2 Å². The monoisotopic (exact) mass is 476 g/mol. The van der Waals surface area contributed by atoms with Crippen LogP contribution in [0.3, 0.4) is 0 Å². The largest absolute Gasteiger partial charge is 0.448 e. The number of esters is 1. The number of anilines is 3. The first-order chi connectivity index (χ1) is 16.5. The number of amides is 3. The Hall–Kier alpha value is -4.01. The van der Waals surface area contributed by atoms with Gasteiger partial charge in [-0.25, -0.2) is 4.79 Å². The number of hydrogen-bond donors (Lipinski definition) is 1. The van der Waals surface area contributed by atoms with Crippen LogP contribution in [0.5, 0.6) is 0 Å². The molecule has 2 aromatic rings. The van der Waals surface area contributed by atoms with Crippen molar-refractivity contribution in [3.8, 4) is 0 Å². The Morgan fingerprint density at radius 2 is 1.77 bits per heavy atom. The summed E-state index contributed by atoms with van der Waals surface area (Å²) in [6, 6.07) is 12.6. The van der Waals surface area contributed by atoms with Gasteiger partial charge in [0.2, 0.25) is 11.8 Å². The molecular formula is C26H28N4O5. The number of aryl methyl sites for hydroxylation is 2. The molecule has 2 aliphatic heterocycles. The van der Waals surface area contributed by atoms with Crippen LogP contribution in [0, 0.1) is 13.8 Å². The van der Waals surface area contributed by atoms with E-state index in [-0.39, 0.29) is 30.4 Å². The van der Waals surface area contributed by atoms with Crippen molar-refractivity contribution in [3.05, 3.63) is 53.6 Å². The summed E-state index contributed by atoms with van der Waals surface area (Å²) in [5.41, 5.74) is 2.28. The van der Waals surface area contributed by atoms with Gasteiger partial charge in [-0.15, -0.1) is 0 Å². The van der Waals surface area contributed by atoms with Gasteiger partial charge in [0.1, 0.15) is 11.3 Å². The molecule has 0 aliphatic carbocycles. The van der Waals surface area contributed by atoms with Crippen LogP contribution in [0.4, 0.5) is 17.1 Å². The lowest BCUT2D eigenvalue weighted by atomic mass is 9.95. The molecule has 3 amide bonds. The first kappa shape index (κ1) is 24.1. The van der Waals surface area contributed by atoms with Gasteiger partial charge in [0.15, 0.2) is 6.10 Å². The average Bonchev–Trinajstić information content (AvgIpc) is 2.81. The van der Waals surface area contributed by atoms with Crippen LogP contribution in [0.25, 0.3) is 0 Å². The first-order valence-electron chi connectivity index (χ1n) is 11.4. The maximum atomic E-state index is 13.4. The van der Waals surface area contributed by atoms with Crippen molar-refractivity contribution < 1.29 is 23.9 Å². The summed E-state index contributed by atoms with van der Waals surface area (Å²) in [6.07, 6.45) is -0.980. The van der Waals surface area contributed by atoms with Crippen LogP contribution in [-0.2, 0) is 23.9 Å². The number of hydrazone groups is 1. The molecule has 0 bridgehead atoms. The molecule has 1 N–H and O–H groups in total. The maximum absolute atomic E-state index is 13.4. The van der Waals surface area contributed by atoms with Crippen LogP contribution >= 0.6 is 0 Å². The number of nitrogens with zero attached hydrogens (tertiary/aromatic N) is 3. The van der Waals surface area contributed by atoms with Crippen molar-refractivity contribution in [1.82, 2.24) is 0 Å². The third-order valence-electron chi connectivity index (χ3n) is 6.22. The normalized spacial score (nSPS) is 17.8. The molecule has 1 atom stereocenters. The molecule has 1 unspecified atom stereocenters. The fraction of sp³-hybridized carbons (Fsp3) is 0.346. The summed E-state index contributed by atoms with van der Waals surface area (Å²) in [4.78, 5) is 53.0. The van der Waals surface area contributed by atoms with E-state index in [0.717, 1.165) is 11.1 Å². The number of fused-ring (bicyclic) bond motifs is 1. The fourth-order valence-electron chi connectivity index (χ4n) is 4.14. The molecule has 9 heteroatoms. The van der Waals surface area contributed by atoms with E-state index in [0.29, 0.717) is 17.1 Å². The molecule has 0 aromatic heterocycles. The minimum atomic E-state index is -1.19. The molecule has 4 rings (SSSR count). The zero-order valence-electron chi connectivity index (χ0n) is 20.4. The van der Waals surface area contributed by atoms with E-state index >= 15 is 0 Å². The van der Waals surface area contributed by atoms with Crippen LogP contribution in [-0.4, -0.2) is 41.0 Å². The van der Waals surface area contributed by atoms with E-state index in [2.05, 4.69) is 10.4 Å². The van der Waals surface area contributed by atoms with Crippen molar-refractivity contribution in [2.45, 2.75) is 59.1 Å². The predicted octanol–water partition coefficient (Wildman–Crippen LogP) is 3.48. The van der Waals surface area contributed by atoms with E-state index in [1.54, 1.807) is 38.1 Å². The number of rotatable bonds is 4. The molecule has 0 radical (unpaired) electrons. The number of ether oxygens (including phenoxy) is 1. The number of carbonyl (C=O) groups excluding carboxylic acids is 4. The highest BCUT2D eigenvalue weighted by Gasteiger charge is 2.45. The Labute approximate surface area is 203 Å². The number of carbonyl (C=O) groups is 4. The highest BCUT2D eigenvalue weighted by atomic mass is 16.5. The van der Waals surface area contributed by atoms with Crippen molar-refractivity contribution in [1.29, 1.82) is 0 Å². The number of para-hydroxylation sites is 2. The molecule has 2 heterocycles. The van der Waals surface area contributed by atoms with Gasteiger partial charge < -0.3 is 10.1 Å². The second kappa shape index (κ2) is 8.98. The van der Waals surface area contributed by atoms with Gasteiger partial charge in [-0.05, 0) is 63.9 Å². The second-order valence-corrected chi connectivity index (χ2v) is 9.29. The van der Waals surface area contributed by atoms with Crippen LogP contribution < -0.4 is 15.2 Å². The molecule has 9 nitrogen and oxygen atoms in total. The van der Waals surface area contributed by atoms with Gasteiger partial charge in [-0.1, -0.05) is 24.3 Å². The molecule has 182 valence electrons. The highest BCUT2D eigenvalue weighted by molar-refractivity contribution is 6.38. The summed E-state index contributed by atoms with van der Waals surface area (Å²) in [7, 11) is 0. The van der Waals surface area contributed by atoms with Gasteiger partial charge in [-0.3, -0.25) is 19.3 Å². The number of nitrogens with one attached hydrogen (secondary N) is 1. The molecule has 0 fully saturated rings. The van der Waals surface area contributed by atoms with Crippen LogP contribution in [0.15, 0.2) is 47.6 Å². The van der Waals surface area contributed by atoms with Gasteiger partial charge in [-0.2, -0.15) is 10.1 Å². The van der Waals surface area contributed by atoms with E-state index < -0.39 is 23.5 Å². The zero-order valence-corrected chi connectivity index (χ0v) is 20.4. The molecule has 0 saturated carbocycles. The Balaban J connectivity index is 1.57. The van der Waals surface area contributed by atoms with E-state index in [4.69, 9.17) is 4.74 Å². The summed E-state index contributed by atoms with van der Waals surface area (Å²) < 4.78 is 5.49. The van der Waals surface area contributed by atoms with Crippen molar-refractivity contribution in [2.24, 2.45) is 5.10 Å². The predicted molar refractivity (Wildman–Crippen MR) is 132 cm³/mol. The lowest BCUT2D eigenvalue weighted by Gasteiger charge is -2.42. The van der Waals surface area contributed by atoms with Crippen LogP contribution in [0.2, 0.25) is 0 Å². The van der Waals surface area contributed by atoms with E-state index in [1.807, 2.05) is 32.0 Å². The molecular weight excluding hydrogens is 448 g/mol. The molecule has 0 saturated heterocycles. The second-order valence-electron chi connectivity index (χ2n) is 9.29. The molecule has 35 heavy (non-hydrogen) atoms. The third-order valence-corrected chi connectivity index (χ3v) is 6.22. The van der Waals surface area contributed by atoms with Crippen molar-refractivity contribution in [3.63, 3.8) is 0 Å². The summed E-state index contributed by atoms with van der Waals surface area (Å²) in [5, 5.41) is 8.30.